The van der Waals surface area contributed by atoms with Crippen LogP contribution in [0.25, 0.3) is 0 Å². The van der Waals surface area contributed by atoms with E-state index in [1.54, 1.807) is 4.90 Å². The van der Waals surface area contributed by atoms with Crippen molar-refractivity contribution in [2.45, 2.75) is 156 Å². The number of imide groups is 1. The highest BCUT2D eigenvalue weighted by Crippen LogP contribution is 2.42. The summed E-state index contributed by atoms with van der Waals surface area (Å²) in [7, 11) is 0. The lowest BCUT2D eigenvalue weighted by atomic mass is 9.70. The molecule has 7 amide bonds. The Bertz CT molecular complexity index is 1880. The van der Waals surface area contributed by atoms with Crippen molar-refractivity contribution in [1.29, 1.82) is 0 Å². The minimum absolute atomic E-state index is 0.0158. The molecular formula is C46H66N6O9. The van der Waals surface area contributed by atoms with Crippen LogP contribution in [0.1, 0.15) is 130 Å². The summed E-state index contributed by atoms with van der Waals surface area (Å²) in [5.74, 6) is -4.22. The van der Waals surface area contributed by atoms with Crippen molar-refractivity contribution in [3.05, 3.63) is 35.4 Å². The van der Waals surface area contributed by atoms with E-state index >= 15 is 4.79 Å². The average molecular weight is 847 g/mol. The quantitative estimate of drug-likeness (QED) is 0.173. The number of urea groups is 1. The fourth-order valence-electron chi connectivity index (χ4n) is 9.73. The second kappa shape index (κ2) is 18.3. The number of primary amides is 1. The number of likely N-dealkylation sites (tertiary alicyclic amines) is 2. The Morgan fingerprint density at radius 1 is 0.918 bits per heavy atom. The first-order valence-electron chi connectivity index (χ1n) is 22.2. The second-order valence-electron chi connectivity index (χ2n) is 20.6. The SMILES string of the molecule is CC1(C)CC(=O)N(C[C@@H](NC(=O)N[C@H](C(=O)N2C[C@H](OC(=O)N3CCc4ccccc4C3)C[C@H]2C(=O)CC(CC2CC2)C(=O)C(N)=O)C2(C)CCCCC2)C(C)(C)C)C(=O)C1. The van der Waals surface area contributed by atoms with E-state index in [1.165, 1.54) is 9.80 Å². The van der Waals surface area contributed by atoms with E-state index in [-0.39, 0.29) is 56.5 Å². The summed E-state index contributed by atoms with van der Waals surface area (Å²) in [5.41, 5.74) is 5.83. The number of fused-ring (bicyclic) bond motifs is 1. The van der Waals surface area contributed by atoms with Gasteiger partial charge in [0, 0.05) is 51.2 Å². The van der Waals surface area contributed by atoms with Crippen LogP contribution in [0.4, 0.5) is 9.59 Å². The third-order valence-electron chi connectivity index (χ3n) is 13.7. The number of Topliss-reactive ketones (excluding diaryl/α,β-unsaturated/α-hetero) is 2. The molecule has 0 bridgehead atoms. The third-order valence-corrected chi connectivity index (χ3v) is 13.7. The summed E-state index contributed by atoms with van der Waals surface area (Å²) in [6, 6.07) is 4.35. The molecule has 0 spiro atoms. The number of benzene rings is 1. The van der Waals surface area contributed by atoms with Gasteiger partial charge in [-0.2, -0.15) is 0 Å². The summed E-state index contributed by atoms with van der Waals surface area (Å²) < 4.78 is 6.06. The molecule has 6 rings (SSSR count). The van der Waals surface area contributed by atoms with E-state index in [9.17, 15) is 33.6 Å². The van der Waals surface area contributed by atoms with Gasteiger partial charge in [0.1, 0.15) is 12.1 Å². The fourth-order valence-corrected chi connectivity index (χ4v) is 9.73. The number of rotatable bonds is 14. The molecule has 5 aliphatic rings. The van der Waals surface area contributed by atoms with E-state index in [0.717, 1.165) is 43.2 Å². The van der Waals surface area contributed by atoms with Crippen LogP contribution in [-0.2, 0) is 46.5 Å². The predicted octanol–water partition coefficient (Wildman–Crippen LogP) is 4.81. The highest BCUT2D eigenvalue weighted by molar-refractivity contribution is 6.36. The van der Waals surface area contributed by atoms with Crippen molar-refractivity contribution in [2.24, 2.45) is 33.8 Å². The molecule has 15 nitrogen and oxygen atoms in total. The number of hydrogen-bond donors (Lipinski definition) is 3. The summed E-state index contributed by atoms with van der Waals surface area (Å²) >= 11 is 0. The highest BCUT2D eigenvalue weighted by atomic mass is 16.6. The number of nitrogens with two attached hydrogens (primary N) is 1. The fraction of sp³-hybridized carbons (Fsp3) is 0.696. The first-order valence-corrected chi connectivity index (χ1v) is 22.2. The summed E-state index contributed by atoms with van der Waals surface area (Å²) in [6.07, 6.45) is 5.28. The van der Waals surface area contributed by atoms with Crippen LogP contribution in [0.5, 0.6) is 0 Å². The van der Waals surface area contributed by atoms with Crippen molar-refractivity contribution in [3.8, 4) is 0 Å². The molecule has 2 saturated heterocycles. The van der Waals surface area contributed by atoms with Gasteiger partial charge in [-0.15, -0.1) is 0 Å². The van der Waals surface area contributed by atoms with Gasteiger partial charge in [0.2, 0.25) is 23.5 Å². The van der Waals surface area contributed by atoms with Crippen molar-refractivity contribution < 1.29 is 43.1 Å². The minimum Gasteiger partial charge on any atom is -0.444 e. The molecule has 4 N–H and O–H groups in total. The van der Waals surface area contributed by atoms with Gasteiger partial charge in [0.25, 0.3) is 5.91 Å². The van der Waals surface area contributed by atoms with Gasteiger partial charge in [-0.25, -0.2) is 9.59 Å². The van der Waals surface area contributed by atoms with Gasteiger partial charge in [-0.1, -0.05) is 97.9 Å². The number of carbonyl (C=O) groups excluding carboxylic acids is 8. The van der Waals surface area contributed by atoms with Crippen LogP contribution in [0.3, 0.4) is 0 Å². The molecule has 4 fully saturated rings. The molecule has 3 heterocycles. The zero-order chi connectivity index (χ0) is 44.4. The van der Waals surface area contributed by atoms with Gasteiger partial charge in [0.05, 0.1) is 18.6 Å². The van der Waals surface area contributed by atoms with Crippen LogP contribution >= 0.6 is 0 Å². The Hall–Kier alpha value is -4.82. The Kier molecular flexibility index (Phi) is 13.7. The zero-order valence-corrected chi connectivity index (χ0v) is 36.9. The lowest BCUT2D eigenvalue weighted by molar-refractivity contribution is -0.153. The van der Waals surface area contributed by atoms with Gasteiger partial charge in [0.15, 0.2) is 5.78 Å². The molecule has 3 aliphatic heterocycles. The van der Waals surface area contributed by atoms with E-state index in [2.05, 4.69) is 10.6 Å². The Balaban J connectivity index is 1.25. The molecule has 334 valence electrons. The Morgan fingerprint density at radius 3 is 2.16 bits per heavy atom. The van der Waals surface area contributed by atoms with E-state index in [4.69, 9.17) is 10.5 Å². The van der Waals surface area contributed by atoms with Crippen LogP contribution in [-0.4, -0.2) is 106 Å². The first-order chi connectivity index (χ1) is 28.6. The number of amides is 7. The monoisotopic (exact) mass is 846 g/mol. The topological polar surface area (TPSA) is 206 Å². The first kappa shape index (κ1) is 45.7. The number of nitrogens with one attached hydrogen (secondary N) is 2. The molecule has 0 radical (unpaired) electrons. The number of piperidine rings is 1. The minimum atomic E-state index is -1.11. The van der Waals surface area contributed by atoms with E-state index in [1.807, 2.05) is 65.8 Å². The molecule has 1 aromatic carbocycles. The molecule has 1 unspecified atom stereocenters. The van der Waals surface area contributed by atoms with Crippen molar-refractivity contribution >= 4 is 47.3 Å². The number of ketones is 2. The smallest absolute Gasteiger partial charge is 0.410 e. The highest BCUT2D eigenvalue weighted by Gasteiger charge is 2.50. The zero-order valence-electron chi connectivity index (χ0n) is 36.9. The number of hydrogen-bond acceptors (Lipinski definition) is 9. The normalized spacial score (nSPS) is 23.9. The van der Waals surface area contributed by atoms with E-state index < -0.39 is 81.9 Å². The maximum Gasteiger partial charge on any atom is 0.410 e. The van der Waals surface area contributed by atoms with Gasteiger partial charge in [-0.3, -0.25) is 33.7 Å². The standard InChI is InChI=1S/C46H66N6O9/c1-44(2,3)35(27-52-36(54)23-45(4,5)24-37(52)55)48-42(59)49-39(46(6)17-10-7-11-18-46)41(58)51-26-32(61-43(60)50-19-16-29-12-8-9-13-30(29)25-50)22-33(51)34(53)21-31(20-28-14-15-28)38(56)40(47)57/h8-9,12-13,28,31-33,35,39H,7,10-11,14-27H2,1-6H3,(H2,47,57)(H2,48,49,59)/t31?,32-,33+,35-,39-/m1/s1. The largest absolute Gasteiger partial charge is 0.444 e. The number of carbonyl (C=O) groups is 8. The molecule has 0 aromatic heterocycles. The maximum absolute atomic E-state index is 15.2. The molecule has 2 saturated carbocycles. The van der Waals surface area contributed by atoms with Crippen molar-refractivity contribution in [3.63, 3.8) is 0 Å². The molecule has 1 aromatic rings. The molecule has 5 atom stereocenters. The van der Waals surface area contributed by atoms with Crippen LogP contribution < -0.4 is 16.4 Å². The lowest BCUT2D eigenvalue weighted by Crippen LogP contribution is -2.63. The molecule has 15 heteroatoms. The van der Waals surface area contributed by atoms with Gasteiger partial charge < -0.3 is 30.9 Å². The van der Waals surface area contributed by atoms with Crippen LogP contribution in [0, 0.1) is 28.1 Å². The second-order valence-corrected chi connectivity index (χ2v) is 20.6. The average Bonchev–Trinajstić information content (AvgIpc) is 3.91. The number of nitrogens with zero attached hydrogens (tertiary/aromatic N) is 3. The molecular weight excluding hydrogens is 781 g/mol. The van der Waals surface area contributed by atoms with Gasteiger partial charge in [-0.05, 0) is 59.0 Å². The van der Waals surface area contributed by atoms with Crippen LogP contribution in [0.2, 0.25) is 0 Å². The predicted molar refractivity (Wildman–Crippen MR) is 225 cm³/mol. The van der Waals surface area contributed by atoms with Crippen molar-refractivity contribution in [1.82, 2.24) is 25.3 Å². The third kappa shape index (κ3) is 11.2. The molecule has 61 heavy (non-hydrogen) atoms. The summed E-state index contributed by atoms with van der Waals surface area (Å²) in [5, 5.41) is 5.99. The molecule has 2 aliphatic carbocycles. The number of ether oxygens (including phenoxy) is 1. The van der Waals surface area contributed by atoms with Crippen LogP contribution in [0.15, 0.2) is 24.3 Å². The summed E-state index contributed by atoms with van der Waals surface area (Å²) in [4.78, 5) is 113. The lowest BCUT2D eigenvalue weighted by Gasteiger charge is -2.43. The van der Waals surface area contributed by atoms with E-state index in [0.29, 0.717) is 38.8 Å². The maximum atomic E-state index is 15.2. The summed E-state index contributed by atoms with van der Waals surface area (Å²) in [6.45, 7) is 12.1. The Labute approximate surface area is 359 Å². The Morgan fingerprint density at radius 2 is 1.56 bits per heavy atom. The van der Waals surface area contributed by atoms with Crippen molar-refractivity contribution in [2.75, 3.05) is 19.6 Å². The van der Waals surface area contributed by atoms with Gasteiger partial charge >= 0.3 is 12.1 Å².